The van der Waals surface area contributed by atoms with Crippen LogP contribution < -0.4 is 4.57 Å². The van der Waals surface area contributed by atoms with Gasteiger partial charge in [-0.3, -0.25) is 0 Å². The van der Waals surface area contributed by atoms with E-state index in [-0.39, 0.29) is 0 Å². The van der Waals surface area contributed by atoms with Crippen LogP contribution in [0.2, 0.25) is 0 Å². The lowest BCUT2D eigenvalue weighted by atomic mass is 10.1. The van der Waals surface area contributed by atoms with Crippen molar-refractivity contribution in [3.8, 4) is 0 Å². The minimum atomic E-state index is 0.576. The molecular weight excluding hydrogens is 268 g/mol. The number of aromatic nitrogens is 2. The normalized spacial score (nSPS) is 11.5. The van der Waals surface area contributed by atoms with E-state index in [9.17, 15) is 0 Å². The highest BCUT2D eigenvalue weighted by molar-refractivity contribution is 4.86. The third kappa shape index (κ3) is 6.98. The second kappa shape index (κ2) is 11.7. The summed E-state index contributed by atoms with van der Waals surface area (Å²) in [5, 5.41) is 0. The van der Waals surface area contributed by atoms with Crippen molar-refractivity contribution in [1.29, 1.82) is 0 Å². The molecule has 0 atom stereocenters. The first-order valence-electron chi connectivity index (χ1n) is 9.79. The van der Waals surface area contributed by atoms with Crippen molar-refractivity contribution < 1.29 is 4.57 Å². The summed E-state index contributed by atoms with van der Waals surface area (Å²) in [7, 11) is 0. The van der Waals surface area contributed by atoms with Gasteiger partial charge in [0.05, 0.1) is 12.6 Å². The van der Waals surface area contributed by atoms with Crippen molar-refractivity contribution >= 4 is 0 Å². The van der Waals surface area contributed by atoms with E-state index in [2.05, 4.69) is 49.2 Å². The molecule has 0 N–H and O–H groups in total. The molecular formula is C20H39N2+. The Morgan fingerprint density at radius 1 is 0.864 bits per heavy atom. The Kier molecular flexibility index (Phi) is 10.3. The van der Waals surface area contributed by atoms with Gasteiger partial charge in [-0.1, -0.05) is 65.2 Å². The summed E-state index contributed by atoms with van der Waals surface area (Å²) < 4.78 is 4.92. The van der Waals surface area contributed by atoms with Gasteiger partial charge in [0.25, 0.3) is 5.82 Å². The monoisotopic (exact) mass is 307 g/mol. The standard InChI is InChI=1S/C20H39N2/c1-5-7-8-9-10-11-12-13-14-15-20-21(16-6-2)17-18-22(20)19(3)4/h17-19H,5-16H2,1-4H3/q+1. The Bertz CT molecular complexity index is 379. The Labute approximate surface area is 138 Å². The smallest absolute Gasteiger partial charge is 0.234 e. The van der Waals surface area contributed by atoms with E-state index in [1.807, 2.05) is 0 Å². The summed E-state index contributed by atoms with van der Waals surface area (Å²) >= 11 is 0. The molecule has 0 aliphatic rings. The van der Waals surface area contributed by atoms with Gasteiger partial charge in [0, 0.05) is 6.42 Å². The molecule has 22 heavy (non-hydrogen) atoms. The molecule has 2 heteroatoms. The first kappa shape index (κ1) is 19.3. The third-order valence-electron chi connectivity index (χ3n) is 4.56. The van der Waals surface area contributed by atoms with E-state index in [0.717, 1.165) is 6.54 Å². The van der Waals surface area contributed by atoms with E-state index in [1.165, 1.54) is 76.5 Å². The maximum Gasteiger partial charge on any atom is 0.256 e. The molecule has 0 spiro atoms. The maximum atomic E-state index is 2.46. The van der Waals surface area contributed by atoms with Crippen molar-refractivity contribution in [1.82, 2.24) is 4.57 Å². The second-order valence-corrected chi connectivity index (χ2v) is 6.99. The van der Waals surface area contributed by atoms with Crippen molar-refractivity contribution in [3.05, 3.63) is 18.2 Å². The maximum absolute atomic E-state index is 2.46. The van der Waals surface area contributed by atoms with Gasteiger partial charge in [0.1, 0.15) is 12.4 Å². The zero-order chi connectivity index (χ0) is 16.2. The summed E-state index contributed by atoms with van der Waals surface area (Å²) in [6.45, 7) is 10.3. The van der Waals surface area contributed by atoms with E-state index < -0.39 is 0 Å². The number of hydrogen-bond donors (Lipinski definition) is 0. The Morgan fingerprint density at radius 3 is 2.00 bits per heavy atom. The Morgan fingerprint density at radius 2 is 1.45 bits per heavy atom. The van der Waals surface area contributed by atoms with Crippen LogP contribution in [0, 0.1) is 0 Å². The lowest BCUT2D eigenvalue weighted by molar-refractivity contribution is -0.704. The minimum absolute atomic E-state index is 0.576. The first-order chi connectivity index (χ1) is 10.7. The number of nitrogens with zero attached hydrogens (tertiary/aromatic N) is 2. The number of rotatable bonds is 13. The van der Waals surface area contributed by atoms with E-state index in [0.29, 0.717) is 6.04 Å². The fourth-order valence-corrected chi connectivity index (χ4v) is 3.25. The Balaban J connectivity index is 2.25. The lowest BCUT2D eigenvalue weighted by Crippen LogP contribution is -2.37. The van der Waals surface area contributed by atoms with Crippen molar-refractivity contribution in [2.24, 2.45) is 0 Å². The summed E-state index contributed by atoms with van der Waals surface area (Å²) in [5.41, 5.74) is 0. The molecule has 0 saturated carbocycles. The van der Waals surface area contributed by atoms with E-state index in [1.54, 1.807) is 0 Å². The highest BCUT2D eigenvalue weighted by Gasteiger charge is 2.18. The third-order valence-corrected chi connectivity index (χ3v) is 4.56. The zero-order valence-corrected chi connectivity index (χ0v) is 15.6. The topological polar surface area (TPSA) is 8.81 Å². The molecule has 0 radical (unpaired) electrons. The highest BCUT2D eigenvalue weighted by Crippen LogP contribution is 2.13. The molecule has 0 unspecified atom stereocenters. The minimum Gasteiger partial charge on any atom is -0.234 e. The molecule has 128 valence electrons. The molecule has 0 aromatic carbocycles. The van der Waals surface area contributed by atoms with Crippen LogP contribution in [-0.2, 0) is 13.0 Å². The summed E-state index contributed by atoms with van der Waals surface area (Å²) in [4.78, 5) is 0. The van der Waals surface area contributed by atoms with Gasteiger partial charge in [0.2, 0.25) is 0 Å². The van der Waals surface area contributed by atoms with Gasteiger partial charge in [-0.2, -0.15) is 0 Å². The molecule has 0 aliphatic carbocycles. The lowest BCUT2D eigenvalue weighted by Gasteiger charge is -2.07. The predicted octanol–water partition coefficient (Wildman–Crippen LogP) is 5.84. The van der Waals surface area contributed by atoms with Gasteiger partial charge in [-0.05, 0) is 26.7 Å². The highest BCUT2D eigenvalue weighted by atomic mass is 15.2. The molecule has 1 aromatic rings. The number of aryl methyl sites for hydroxylation is 1. The van der Waals surface area contributed by atoms with Crippen LogP contribution in [-0.4, -0.2) is 4.57 Å². The summed E-state index contributed by atoms with van der Waals surface area (Å²) in [6.07, 6.45) is 19.7. The second-order valence-electron chi connectivity index (χ2n) is 6.99. The Hall–Kier alpha value is -0.790. The van der Waals surface area contributed by atoms with Gasteiger partial charge >= 0.3 is 0 Å². The van der Waals surface area contributed by atoms with Crippen molar-refractivity contribution in [2.75, 3.05) is 0 Å². The van der Waals surface area contributed by atoms with E-state index in [4.69, 9.17) is 0 Å². The van der Waals surface area contributed by atoms with Crippen LogP contribution >= 0.6 is 0 Å². The average molecular weight is 308 g/mol. The van der Waals surface area contributed by atoms with E-state index >= 15 is 0 Å². The molecule has 1 aromatic heterocycles. The summed E-state index contributed by atoms with van der Waals surface area (Å²) in [6, 6.07) is 0.576. The van der Waals surface area contributed by atoms with Gasteiger partial charge < -0.3 is 0 Å². The van der Waals surface area contributed by atoms with Crippen LogP contribution in [0.1, 0.15) is 104 Å². The van der Waals surface area contributed by atoms with Crippen molar-refractivity contribution in [3.63, 3.8) is 0 Å². The first-order valence-corrected chi connectivity index (χ1v) is 9.79. The van der Waals surface area contributed by atoms with Gasteiger partial charge in [-0.25, -0.2) is 9.13 Å². The largest absolute Gasteiger partial charge is 0.256 e. The average Bonchev–Trinajstić information content (AvgIpc) is 2.89. The SMILES string of the molecule is CCCCCCCCCCCc1n(C(C)C)cc[n+]1CCC. The molecule has 0 amide bonds. The van der Waals surface area contributed by atoms with Crippen molar-refractivity contribution in [2.45, 2.75) is 111 Å². The number of imidazole rings is 1. The summed E-state index contributed by atoms with van der Waals surface area (Å²) in [5.74, 6) is 1.53. The molecule has 0 aliphatic heterocycles. The van der Waals surface area contributed by atoms with Gasteiger partial charge in [0.15, 0.2) is 0 Å². The molecule has 0 fully saturated rings. The molecule has 0 bridgehead atoms. The fourth-order valence-electron chi connectivity index (χ4n) is 3.25. The van der Waals surface area contributed by atoms with Crippen LogP contribution in [0.25, 0.3) is 0 Å². The van der Waals surface area contributed by atoms with Crippen LogP contribution in [0.15, 0.2) is 12.4 Å². The molecule has 1 rings (SSSR count). The van der Waals surface area contributed by atoms with Crippen LogP contribution in [0.5, 0.6) is 0 Å². The van der Waals surface area contributed by atoms with Gasteiger partial charge in [-0.15, -0.1) is 0 Å². The predicted molar refractivity (Wildman–Crippen MR) is 96.2 cm³/mol. The quantitative estimate of drug-likeness (QED) is 0.320. The number of unbranched alkanes of at least 4 members (excludes halogenated alkanes) is 8. The zero-order valence-electron chi connectivity index (χ0n) is 15.6. The number of hydrogen-bond acceptors (Lipinski definition) is 0. The van der Waals surface area contributed by atoms with Crippen LogP contribution in [0.4, 0.5) is 0 Å². The molecule has 1 heterocycles. The molecule has 2 nitrogen and oxygen atoms in total. The fraction of sp³-hybridized carbons (Fsp3) is 0.850. The molecule has 0 saturated heterocycles. The van der Waals surface area contributed by atoms with Crippen LogP contribution in [0.3, 0.4) is 0 Å².